The van der Waals surface area contributed by atoms with Crippen molar-refractivity contribution < 1.29 is 9.72 Å². The molecule has 1 amide bonds. The fourth-order valence-corrected chi connectivity index (χ4v) is 2.52. The Morgan fingerprint density at radius 1 is 1.50 bits per heavy atom. The van der Waals surface area contributed by atoms with Gasteiger partial charge in [-0.15, -0.1) is 0 Å². The molecule has 20 heavy (non-hydrogen) atoms. The maximum Gasteiger partial charge on any atom is 0.288 e. The van der Waals surface area contributed by atoms with Gasteiger partial charge in [-0.25, -0.2) is 4.98 Å². The first kappa shape index (κ1) is 14.2. The molecular formula is C13H18N4O3. The van der Waals surface area contributed by atoms with Crippen LogP contribution in [0.4, 0.5) is 11.5 Å². The van der Waals surface area contributed by atoms with Crippen LogP contribution >= 0.6 is 0 Å². The highest BCUT2D eigenvalue weighted by Crippen LogP contribution is 2.24. The van der Waals surface area contributed by atoms with Gasteiger partial charge in [0.2, 0.25) is 0 Å². The van der Waals surface area contributed by atoms with Crippen LogP contribution in [0.5, 0.6) is 0 Å². The molecule has 0 spiro atoms. The zero-order chi connectivity index (χ0) is 14.7. The predicted molar refractivity (Wildman–Crippen MR) is 74.2 cm³/mol. The quantitative estimate of drug-likeness (QED) is 0.647. The topological polar surface area (TPSA) is 111 Å². The number of nitrogen functional groups attached to an aromatic ring is 1. The van der Waals surface area contributed by atoms with E-state index >= 15 is 0 Å². The lowest BCUT2D eigenvalue weighted by molar-refractivity contribution is -0.385. The molecule has 2 unspecified atom stereocenters. The highest BCUT2D eigenvalue weighted by molar-refractivity contribution is 5.99. The number of anilines is 1. The van der Waals surface area contributed by atoms with E-state index in [0.717, 1.165) is 25.5 Å². The molecule has 2 atom stereocenters. The van der Waals surface area contributed by atoms with Crippen molar-refractivity contribution in [2.75, 3.05) is 5.73 Å². The van der Waals surface area contributed by atoms with E-state index in [4.69, 9.17) is 5.73 Å². The van der Waals surface area contributed by atoms with Crippen molar-refractivity contribution in [3.8, 4) is 0 Å². The Hall–Kier alpha value is -2.18. The summed E-state index contributed by atoms with van der Waals surface area (Å²) in [7, 11) is 0. The summed E-state index contributed by atoms with van der Waals surface area (Å²) in [5.41, 5.74) is 5.47. The second kappa shape index (κ2) is 5.85. The molecule has 0 aromatic carbocycles. The maximum absolute atomic E-state index is 12.2. The Balaban J connectivity index is 2.16. The molecule has 1 saturated carbocycles. The number of pyridine rings is 1. The molecule has 2 rings (SSSR count). The summed E-state index contributed by atoms with van der Waals surface area (Å²) in [5.74, 6) is 0.0228. The molecule has 1 heterocycles. The lowest BCUT2D eigenvalue weighted by Crippen LogP contribution is -2.41. The zero-order valence-corrected chi connectivity index (χ0v) is 11.3. The van der Waals surface area contributed by atoms with E-state index in [0.29, 0.717) is 5.92 Å². The van der Waals surface area contributed by atoms with Gasteiger partial charge in [0.1, 0.15) is 12.0 Å². The van der Waals surface area contributed by atoms with Gasteiger partial charge in [0, 0.05) is 12.1 Å². The Kier molecular flexibility index (Phi) is 4.16. The van der Waals surface area contributed by atoms with E-state index < -0.39 is 10.8 Å². The van der Waals surface area contributed by atoms with E-state index in [1.807, 2.05) is 0 Å². The predicted octanol–water partition coefficient (Wildman–Crippen LogP) is 1.88. The molecule has 1 aliphatic rings. The highest BCUT2D eigenvalue weighted by atomic mass is 16.6. The Morgan fingerprint density at radius 3 is 2.85 bits per heavy atom. The first-order valence-electron chi connectivity index (χ1n) is 6.70. The van der Waals surface area contributed by atoms with Gasteiger partial charge >= 0.3 is 0 Å². The average molecular weight is 278 g/mol. The zero-order valence-electron chi connectivity index (χ0n) is 11.3. The largest absolute Gasteiger partial charge is 0.383 e. The summed E-state index contributed by atoms with van der Waals surface area (Å²) < 4.78 is 0. The summed E-state index contributed by atoms with van der Waals surface area (Å²) >= 11 is 0. The van der Waals surface area contributed by atoms with Crippen molar-refractivity contribution in [2.24, 2.45) is 5.92 Å². The van der Waals surface area contributed by atoms with Crippen molar-refractivity contribution >= 4 is 17.4 Å². The van der Waals surface area contributed by atoms with Crippen LogP contribution in [-0.2, 0) is 0 Å². The van der Waals surface area contributed by atoms with Crippen LogP contribution < -0.4 is 11.1 Å². The number of nitrogens with zero attached hydrogens (tertiary/aromatic N) is 2. The van der Waals surface area contributed by atoms with E-state index in [-0.39, 0.29) is 23.1 Å². The Morgan fingerprint density at radius 2 is 2.20 bits per heavy atom. The summed E-state index contributed by atoms with van der Waals surface area (Å²) in [5, 5.41) is 13.6. The van der Waals surface area contributed by atoms with E-state index in [2.05, 4.69) is 17.2 Å². The van der Waals surface area contributed by atoms with E-state index in [1.165, 1.54) is 12.5 Å². The SMILES string of the molecule is CC1CCCCC1NC(=O)c1cc([N+](=O)[O-])cnc1N. The van der Waals surface area contributed by atoms with Crippen molar-refractivity contribution in [3.63, 3.8) is 0 Å². The molecule has 0 bridgehead atoms. The van der Waals surface area contributed by atoms with E-state index in [9.17, 15) is 14.9 Å². The Labute approximate surface area is 116 Å². The smallest absolute Gasteiger partial charge is 0.288 e. The van der Waals surface area contributed by atoms with E-state index in [1.54, 1.807) is 0 Å². The number of rotatable bonds is 3. The standard InChI is InChI=1S/C13H18N4O3/c1-8-4-2-3-5-11(8)16-13(18)10-6-9(17(19)20)7-15-12(10)14/h6-8,11H,2-5H2,1H3,(H2,14,15)(H,16,18). The van der Waals surface area contributed by atoms with Crippen molar-refractivity contribution in [1.82, 2.24) is 10.3 Å². The summed E-state index contributed by atoms with van der Waals surface area (Å²) in [6, 6.07) is 1.26. The Bertz CT molecular complexity index is 532. The van der Waals surface area contributed by atoms with Crippen LogP contribution in [0.3, 0.4) is 0 Å². The number of carbonyl (C=O) groups is 1. The van der Waals surface area contributed by atoms with Crippen LogP contribution in [0.2, 0.25) is 0 Å². The first-order valence-corrected chi connectivity index (χ1v) is 6.70. The molecule has 1 fully saturated rings. The summed E-state index contributed by atoms with van der Waals surface area (Å²) in [4.78, 5) is 26.0. The van der Waals surface area contributed by atoms with Gasteiger partial charge < -0.3 is 11.1 Å². The molecule has 7 nitrogen and oxygen atoms in total. The molecule has 0 saturated heterocycles. The second-order valence-corrected chi connectivity index (χ2v) is 5.23. The van der Waals surface area contributed by atoms with Gasteiger partial charge in [0.25, 0.3) is 11.6 Å². The van der Waals surface area contributed by atoms with Gasteiger partial charge in [-0.05, 0) is 18.8 Å². The monoisotopic (exact) mass is 278 g/mol. The first-order chi connectivity index (χ1) is 9.49. The molecular weight excluding hydrogens is 260 g/mol. The van der Waals surface area contributed by atoms with Crippen molar-refractivity contribution in [2.45, 2.75) is 38.6 Å². The van der Waals surface area contributed by atoms with Gasteiger partial charge in [0.15, 0.2) is 0 Å². The normalized spacial score (nSPS) is 22.2. The molecule has 108 valence electrons. The third-order valence-electron chi connectivity index (χ3n) is 3.79. The summed E-state index contributed by atoms with van der Waals surface area (Å²) in [6.45, 7) is 2.10. The van der Waals surface area contributed by atoms with Crippen LogP contribution in [0, 0.1) is 16.0 Å². The molecule has 0 radical (unpaired) electrons. The molecule has 3 N–H and O–H groups in total. The van der Waals surface area contributed by atoms with Crippen molar-refractivity contribution in [1.29, 1.82) is 0 Å². The number of amides is 1. The number of nitrogens with two attached hydrogens (primary N) is 1. The van der Waals surface area contributed by atoms with Crippen LogP contribution in [0.1, 0.15) is 43.0 Å². The number of hydrogen-bond acceptors (Lipinski definition) is 5. The van der Waals surface area contributed by atoms with Gasteiger partial charge in [0.05, 0.1) is 10.5 Å². The highest BCUT2D eigenvalue weighted by Gasteiger charge is 2.25. The number of hydrogen-bond donors (Lipinski definition) is 2. The lowest BCUT2D eigenvalue weighted by Gasteiger charge is -2.29. The lowest BCUT2D eigenvalue weighted by atomic mass is 9.86. The summed E-state index contributed by atoms with van der Waals surface area (Å²) in [6.07, 6.45) is 5.31. The van der Waals surface area contributed by atoms with Crippen LogP contribution in [0.15, 0.2) is 12.3 Å². The third kappa shape index (κ3) is 3.04. The molecule has 1 aliphatic carbocycles. The van der Waals surface area contributed by atoms with Gasteiger partial charge in [-0.2, -0.15) is 0 Å². The molecule has 1 aromatic heterocycles. The molecule has 7 heteroatoms. The fraction of sp³-hybridized carbons (Fsp3) is 0.538. The number of nitrogens with one attached hydrogen (secondary N) is 1. The fourth-order valence-electron chi connectivity index (χ4n) is 2.52. The molecule has 0 aliphatic heterocycles. The second-order valence-electron chi connectivity index (χ2n) is 5.23. The maximum atomic E-state index is 12.2. The minimum absolute atomic E-state index is 0.0107. The number of carbonyl (C=O) groups excluding carboxylic acids is 1. The minimum Gasteiger partial charge on any atom is -0.383 e. The third-order valence-corrected chi connectivity index (χ3v) is 3.79. The molecule has 1 aromatic rings. The van der Waals surface area contributed by atoms with Crippen molar-refractivity contribution in [3.05, 3.63) is 27.9 Å². The van der Waals surface area contributed by atoms with Gasteiger partial charge in [-0.3, -0.25) is 14.9 Å². The van der Waals surface area contributed by atoms with Gasteiger partial charge in [-0.1, -0.05) is 19.8 Å². The number of nitro groups is 1. The minimum atomic E-state index is -0.591. The number of aromatic nitrogens is 1. The van der Waals surface area contributed by atoms with Crippen LogP contribution in [-0.4, -0.2) is 21.9 Å². The van der Waals surface area contributed by atoms with Crippen LogP contribution in [0.25, 0.3) is 0 Å². The average Bonchev–Trinajstić information content (AvgIpc) is 2.41.